The summed E-state index contributed by atoms with van der Waals surface area (Å²) in [6, 6.07) is 0. The third-order valence-corrected chi connectivity index (χ3v) is 1.95. The van der Waals surface area contributed by atoms with Crippen LogP contribution in [0.5, 0.6) is 0 Å². The van der Waals surface area contributed by atoms with Gasteiger partial charge in [-0.2, -0.15) is 0 Å². The minimum absolute atomic E-state index is 0.122. The molecule has 0 radical (unpaired) electrons. The van der Waals surface area contributed by atoms with Crippen molar-refractivity contribution >= 4 is 5.91 Å². The van der Waals surface area contributed by atoms with Gasteiger partial charge in [-0.05, 0) is 27.4 Å². The van der Waals surface area contributed by atoms with Crippen LogP contribution >= 0.6 is 0 Å². The smallest absolute Gasteiger partial charge is 0.240 e. The zero-order valence-corrected chi connectivity index (χ0v) is 8.35. The van der Waals surface area contributed by atoms with Crippen molar-refractivity contribution < 1.29 is 4.79 Å². The van der Waals surface area contributed by atoms with Crippen molar-refractivity contribution in [3.05, 3.63) is 0 Å². The molecule has 0 saturated carbocycles. The number of hydrazine groups is 1. The summed E-state index contributed by atoms with van der Waals surface area (Å²) in [5.74, 6) is 4.93. The van der Waals surface area contributed by atoms with Gasteiger partial charge in [0.1, 0.15) is 0 Å². The molecule has 72 valence electrons. The number of carbonyl (C=O) groups excluding carboxylic acids is 1. The second-order valence-corrected chi connectivity index (χ2v) is 3.69. The van der Waals surface area contributed by atoms with E-state index in [2.05, 4.69) is 17.2 Å². The van der Waals surface area contributed by atoms with Gasteiger partial charge < -0.3 is 4.90 Å². The fourth-order valence-electron chi connectivity index (χ4n) is 1.05. The van der Waals surface area contributed by atoms with Gasteiger partial charge in [0, 0.05) is 6.54 Å². The number of nitrogens with one attached hydrogen (secondary N) is 1. The fraction of sp³-hybridized carbons (Fsp3) is 0.875. The van der Waals surface area contributed by atoms with E-state index >= 15 is 0 Å². The lowest BCUT2D eigenvalue weighted by Gasteiger charge is -2.27. The SMILES string of the molecule is CCN(C)CC(C)(C)C(=O)NN. The van der Waals surface area contributed by atoms with Gasteiger partial charge in [-0.15, -0.1) is 0 Å². The van der Waals surface area contributed by atoms with E-state index in [1.54, 1.807) is 0 Å². The van der Waals surface area contributed by atoms with E-state index in [0.29, 0.717) is 6.54 Å². The van der Waals surface area contributed by atoms with Crippen molar-refractivity contribution in [2.75, 3.05) is 20.1 Å². The quantitative estimate of drug-likeness (QED) is 0.356. The normalized spacial score (nSPS) is 11.8. The van der Waals surface area contributed by atoms with Crippen molar-refractivity contribution in [2.24, 2.45) is 11.3 Å². The molecule has 0 unspecified atom stereocenters. The molecule has 0 aliphatic carbocycles. The predicted octanol–water partition coefficient (Wildman–Crippen LogP) is -0.0458. The van der Waals surface area contributed by atoms with Crippen molar-refractivity contribution in [1.82, 2.24) is 10.3 Å². The molecule has 0 aromatic heterocycles. The summed E-state index contributed by atoms with van der Waals surface area (Å²) >= 11 is 0. The molecule has 0 heterocycles. The van der Waals surface area contributed by atoms with Gasteiger partial charge in [-0.25, -0.2) is 5.84 Å². The van der Waals surface area contributed by atoms with Gasteiger partial charge in [0.15, 0.2) is 0 Å². The molecule has 0 bridgehead atoms. The molecule has 1 amide bonds. The van der Waals surface area contributed by atoms with E-state index in [-0.39, 0.29) is 5.91 Å². The molecule has 0 aliphatic heterocycles. The van der Waals surface area contributed by atoms with Gasteiger partial charge in [0.05, 0.1) is 5.41 Å². The van der Waals surface area contributed by atoms with Gasteiger partial charge in [0.2, 0.25) is 5.91 Å². The van der Waals surface area contributed by atoms with E-state index in [9.17, 15) is 4.79 Å². The molecule has 0 spiro atoms. The summed E-state index contributed by atoms with van der Waals surface area (Å²) in [5.41, 5.74) is 1.75. The summed E-state index contributed by atoms with van der Waals surface area (Å²) in [4.78, 5) is 13.3. The highest BCUT2D eigenvalue weighted by Crippen LogP contribution is 2.15. The zero-order chi connectivity index (χ0) is 9.78. The number of nitrogens with zero attached hydrogens (tertiary/aromatic N) is 1. The van der Waals surface area contributed by atoms with E-state index < -0.39 is 5.41 Å². The molecular formula is C8H19N3O. The lowest BCUT2D eigenvalue weighted by molar-refractivity contribution is -0.130. The molecule has 3 N–H and O–H groups in total. The molecule has 0 aromatic rings. The number of hydrogen-bond acceptors (Lipinski definition) is 3. The average Bonchev–Trinajstić information content (AvgIpc) is 2.02. The van der Waals surface area contributed by atoms with Crippen LogP contribution < -0.4 is 11.3 Å². The Morgan fingerprint density at radius 1 is 1.58 bits per heavy atom. The fourth-order valence-corrected chi connectivity index (χ4v) is 1.05. The number of amides is 1. The second kappa shape index (κ2) is 4.42. The van der Waals surface area contributed by atoms with Crippen LogP contribution in [0.2, 0.25) is 0 Å². The number of carbonyl (C=O) groups is 1. The van der Waals surface area contributed by atoms with Crippen LogP contribution in [0, 0.1) is 5.41 Å². The van der Waals surface area contributed by atoms with Crippen molar-refractivity contribution in [1.29, 1.82) is 0 Å². The minimum Gasteiger partial charge on any atom is -0.306 e. The first-order chi connectivity index (χ1) is 5.44. The molecule has 4 heteroatoms. The molecule has 12 heavy (non-hydrogen) atoms. The number of nitrogens with two attached hydrogens (primary N) is 1. The molecule has 4 nitrogen and oxygen atoms in total. The van der Waals surface area contributed by atoms with Crippen LogP contribution in [0.1, 0.15) is 20.8 Å². The van der Waals surface area contributed by atoms with Crippen molar-refractivity contribution in [2.45, 2.75) is 20.8 Å². The second-order valence-electron chi connectivity index (χ2n) is 3.69. The Labute approximate surface area is 74.1 Å². The Bertz CT molecular complexity index is 156. The predicted molar refractivity (Wildman–Crippen MR) is 49.3 cm³/mol. The zero-order valence-electron chi connectivity index (χ0n) is 8.35. The van der Waals surface area contributed by atoms with E-state index in [1.807, 2.05) is 20.9 Å². The Morgan fingerprint density at radius 2 is 2.08 bits per heavy atom. The van der Waals surface area contributed by atoms with Gasteiger partial charge in [0.25, 0.3) is 0 Å². The molecule has 0 rings (SSSR count). The Kier molecular flexibility index (Phi) is 4.20. The average molecular weight is 173 g/mol. The Balaban J connectivity index is 4.11. The van der Waals surface area contributed by atoms with E-state index in [1.165, 1.54) is 0 Å². The highest BCUT2D eigenvalue weighted by atomic mass is 16.2. The lowest BCUT2D eigenvalue weighted by atomic mass is 9.92. The first-order valence-electron chi connectivity index (χ1n) is 4.13. The molecule has 0 fully saturated rings. The van der Waals surface area contributed by atoms with Crippen LogP contribution in [0.3, 0.4) is 0 Å². The summed E-state index contributed by atoms with van der Waals surface area (Å²) in [5, 5.41) is 0. The minimum atomic E-state index is -0.417. The topological polar surface area (TPSA) is 58.4 Å². The Morgan fingerprint density at radius 3 is 2.42 bits per heavy atom. The Hall–Kier alpha value is -0.610. The summed E-state index contributed by atoms with van der Waals surface area (Å²) in [6.45, 7) is 7.45. The van der Waals surface area contributed by atoms with Crippen LogP contribution in [0.25, 0.3) is 0 Å². The first kappa shape index (κ1) is 11.4. The van der Waals surface area contributed by atoms with Gasteiger partial charge >= 0.3 is 0 Å². The standard InChI is InChI=1S/C8H19N3O/c1-5-11(4)6-8(2,3)7(12)10-9/h5-6,9H2,1-4H3,(H,10,12). The largest absolute Gasteiger partial charge is 0.306 e. The van der Waals surface area contributed by atoms with Gasteiger partial charge in [-0.3, -0.25) is 10.2 Å². The summed E-state index contributed by atoms with van der Waals surface area (Å²) < 4.78 is 0. The maximum absolute atomic E-state index is 11.2. The van der Waals surface area contributed by atoms with Crippen LogP contribution in [-0.2, 0) is 4.79 Å². The molecule has 0 saturated heterocycles. The van der Waals surface area contributed by atoms with Crippen LogP contribution in [0.15, 0.2) is 0 Å². The summed E-state index contributed by atoms with van der Waals surface area (Å²) in [7, 11) is 1.98. The lowest BCUT2D eigenvalue weighted by Crippen LogP contribution is -2.46. The molecule has 0 aliphatic rings. The third-order valence-electron chi connectivity index (χ3n) is 1.95. The number of rotatable bonds is 4. The third kappa shape index (κ3) is 3.19. The summed E-state index contributed by atoms with van der Waals surface area (Å²) in [6.07, 6.45) is 0. The first-order valence-corrected chi connectivity index (χ1v) is 4.13. The number of hydrogen-bond donors (Lipinski definition) is 2. The van der Waals surface area contributed by atoms with Crippen molar-refractivity contribution in [3.63, 3.8) is 0 Å². The highest BCUT2D eigenvalue weighted by molar-refractivity contribution is 5.81. The molecule has 0 aromatic carbocycles. The van der Waals surface area contributed by atoms with E-state index in [0.717, 1.165) is 6.54 Å². The van der Waals surface area contributed by atoms with E-state index in [4.69, 9.17) is 5.84 Å². The highest BCUT2D eigenvalue weighted by Gasteiger charge is 2.27. The maximum atomic E-state index is 11.2. The molecule has 0 atom stereocenters. The monoisotopic (exact) mass is 173 g/mol. The van der Waals surface area contributed by atoms with Gasteiger partial charge in [-0.1, -0.05) is 6.92 Å². The van der Waals surface area contributed by atoms with Crippen molar-refractivity contribution in [3.8, 4) is 0 Å². The molecular weight excluding hydrogens is 154 g/mol. The van der Waals surface area contributed by atoms with Crippen LogP contribution in [-0.4, -0.2) is 30.9 Å². The maximum Gasteiger partial charge on any atom is 0.240 e. The van der Waals surface area contributed by atoms with Crippen LogP contribution in [0.4, 0.5) is 0 Å².